The lowest BCUT2D eigenvalue weighted by Gasteiger charge is -2.27. The lowest BCUT2D eigenvalue weighted by Crippen LogP contribution is -2.60. The maximum Gasteiger partial charge on any atom is 0.327 e. The van der Waals surface area contributed by atoms with E-state index in [0.29, 0.717) is 27.4 Å². The van der Waals surface area contributed by atoms with Gasteiger partial charge in [-0.1, -0.05) is 44.2 Å². The van der Waals surface area contributed by atoms with Crippen molar-refractivity contribution in [3.05, 3.63) is 59.7 Å². The predicted octanol–water partition coefficient (Wildman–Crippen LogP) is 1.02. The number of carboxylic acid groups (broad SMARTS) is 1. The quantitative estimate of drug-likeness (QED) is 0.164. The SMILES string of the molecule is COc1ccc(CC(=O)N[C@H]2Cc3c([nH]c4ccccc34)SC[C@@H](C(=O)O)NC(=O)[C@H]([C@@H](C)O)NC(=O)[C@@H](C)NC(=O)[C@H](CC(C)C)NC2=O)cc1. The van der Waals surface area contributed by atoms with Gasteiger partial charge < -0.3 is 46.5 Å². The number of carbonyl (C=O) groups is 6. The first-order valence-electron chi connectivity index (χ1n) is 16.9. The minimum atomic E-state index is -1.53. The van der Waals surface area contributed by atoms with Crippen LogP contribution in [0.25, 0.3) is 10.9 Å². The number of hydrogen-bond acceptors (Lipinski definition) is 9. The highest BCUT2D eigenvalue weighted by molar-refractivity contribution is 7.99. The van der Waals surface area contributed by atoms with Crippen LogP contribution < -0.4 is 31.3 Å². The number of ether oxygens (including phenoxy) is 1. The first-order valence-corrected chi connectivity index (χ1v) is 17.9. The number of carboxylic acids is 1. The summed E-state index contributed by atoms with van der Waals surface area (Å²) in [4.78, 5) is 83.1. The van der Waals surface area contributed by atoms with Gasteiger partial charge in [0.15, 0.2) is 0 Å². The van der Waals surface area contributed by atoms with E-state index in [2.05, 4.69) is 31.6 Å². The van der Waals surface area contributed by atoms with Crippen molar-refractivity contribution in [3.63, 3.8) is 0 Å². The number of hydrogen-bond donors (Lipinski definition) is 8. The van der Waals surface area contributed by atoms with Gasteiger partial charge in [-0.15, -0.1) is 11.8 Å². The van der Waals surface area contributed by atoms with Crippen LogP contribution in [0, 0.1) is 5.92 Å². The number of carbonyl (C=O) groups excluding carboxylic acids is 5. The standard InChI is InChI=1S/C36H46N6O9S/c1-18(2)14-26-32(46)37-19(3)31(45)42-30(20(4)43)34(48)40-28(36(49)50)17-52-35-24(23-8-6-7-9-25(23)41-35)16-27(33(47)39-26)38-29(44)15-21-10-12-22(51-5)13-11-21/h6-13,18-20,26-28,30,41,43H,14-17H2,1-5H3,(H,37,46)(H,38,44)(H,39,47)(H,40,48)(H,42,45)(H,49,50)/t19-,20-,26+,27+,28+,30+/m1/s1. The van der Waals surface area contributed by atoms with Crippen molar-refractivity contribution < 1.29 is 43.7 Å². The van der Waals surface area contributed by atoms with Gasteiger partial charge in [0.25, 0.3) is 0 Å². The van der Waals surface area contributed by atoms with Crippen LogP contribution in [0.4, 0.5) is 0 Å². The Morgan fingerprint density at radius 1 is 0.923 bits per heavy atom. The number of thioether (sulfide) groups is 1. The first-order chi connectivity index (χ1) is 24.7. The number of nitrogens with one attached hydrogen (secondary N) is 6. The number of aromatic nitrogens is 1. The number of benzene rings is 2. The van der Waals surface area contributed by atoms with Gasteiger partial charge >= 0.3 is 5.97 Å². The van der Waals surface area contributed by atoms with Gasteiger partial charge in [0.1, 0.15) is 36.0 Å². The normalized spacial score (nSPS) is 22.9. The molecule has 0 saturated heterocycles. The van der Waals surface area contributed by atoms with Gasteiger partial charge in [0.05, 0.1) is 24.7 Å². The number of fused-ring (bicyclic) bond motifs is 3. The van der Waals surface area contributed by atoms with Crippen molar-refractivity contribution in [3.8, 4) is 5.75 Å². The molecule has 1 aromatic heterocycles. The number of H-pyrrole nitrogens is 1. The van der Waals surface area contributed by atoms with Crippen molar-refractivity contribution in [2.75, 3.05) is 12.9 Å². The lowest BCUT2D eigenvalue weighted by atomic mass is 10.00. The molecule has 2 heterocycles. The summed E-state index contributed by atoms with van der Waals surface area (Å²) in [7, 11) is 1.53. The van der Waals surface area contributed by atoms with Crippen LogP contribution >= 0.6 is 11.8 Å². The highest BCUT2D eigenvalue weighted by Crippen LogP contribution is 2.31. The smallest absolute Gasteiger partial charge is 0.327 e. The average Bonchev–Trinajstić information content (AvgIpc) is 3.44. The third-order valence-corrected chi connectivity index (χ3v) is 9.66. The molecule has 3 aromatic rings. The van der Waals surface area contributed by atoms with Crippen molar-refractivity contribution in [1.29, 1.82) is 0 Å². The Balaban J connectivity index is 1.76. The van der Waals surface area contributed by atoms with E-state index in [0.717, 1.165) is 17.1 Å². The minimum Gasteiger partial charge on any atom is -0.497 e. The van der Waals surface area contributed by atoms with E-state index in [1.807, 2.05) is 26.0 Å². The van der Waals surface area contributed by atoms with Crippen molar-refractivity contribution in [1.82, 2.24) is 31.6 Å². The van der Waals surface area contributed by atoms with Crippen LogP contribution in [0.2, 0.25) is 0 Å². The molecule has 5 amide bonds. The molecular weight excluding hydrogens is 692 g/mol. The first kappa shape index (κ1) is 39.7. The Bertz CT molecular complexity index is 1780. The van der Waals surface area contributed by atoms with Crippen LogP contribution in [0.1, 0.15) is 45.2 Å². The topological polar surface area (TPSA) is 228 Å². The molecule has 280 valence electrons. The van der Waals surface area contributed by atoms with Crippen LogP contribution in [0.3, 0.4) is 0 Å². The van der Waals surface area contributed by atoms with Crippen LogP contribution in [0.5, 0.6) is 5.75 Å². The zero-order valence-electron chi connectivity index (χ0n) is 29.6. The summed E-state index contributed by atoms with van der Waals surface area (Å²) in [5, 5.41) is 34.6. The average molecular weight is 739 g/mol. The predicted molar refractivity (Wildman–Crippen MR) is 194 cm³/mol. The lowest BCUT2D eigenvalue weighted by molar-refractivity contribution is -0.142. The third-order valence-electron chi connectivity index (χ3n) is 8.52. The summed E-state index contributed by atoms with van der Waals surface area (Å²) in [5.41, 5.74) is 1.97. The fraction of sp³-hybridized carbons (Fsp3) is 0.444. The number of aliphatic hydroxyl groups is 1. The molecule has 0 bridgehead atoms. The molecular formula is C36H46N6O9S. The van der Waals surface area contributed by atoms with Crippen LogP contribution in [-0.4, -0.2) is 99.9 Å². The summed E-state index contributed by atoms with van der Waals surface area (Å²) in [6.45, 7) is 6.36. The molecule has 1 aliphatic heterocycles. The Kier molecular flexibility index (Phi) is 13.7. The number of para-hydroxylation sites is 1. The Hall–Kier alpha value is -5.09. The number of aliphatic carboxylic acids is 1. The largest absolute Gasteiger partial charge is 0.497 e. The molecule has 0 spiro atoms. The summed E-state index contributed by atoms with van der Waals surface area (Å²) in [5.74, 6) is -4.52. The van der Waals surface area contributed by atoms with E-state index in [1.165, 1.54) is 21.0 Å². The highest BCUT2D eigenvalue weighted by Gasteiger charge is 2.34. The molecule has 52 heavy (non-hydrogen) atoms. The number of aromatic amines is 1. The van der Waals surface area contributed by atoms with Crippen LogP contribution in [0.15, 0.2) is 53.6 Å². The maximum atomic E-state index is 14.2. The number of aliphatic hydroxyl groups excluding tert-OH is 1. The number of rotatable bonds is 8. The van der Waals surface area contributed by atoms with Crippen molar-refractivity contribution >= 4 is 58.2 Å². The number of methoxy groups -OCH3 is 1. The molecule has 2 aromatic carbocycles. The molecule has 4 rings (SSSR count). The van der Waals surface area contributed by atoms with Gasteiger partial charge in [-0.25, -0.2) is 4.79 Å². The van der Waals surface area contributed by atoms with Gasteiger partial charge in [-0.05, 0) is 55.5 Å². The molecule has 0 saturated carbocycles. The molecule has 0 fully saturated rings. The number of amides is 5. The Morgan fingerprint density at radius 2 is 1.62 bits per heavy atom. The van der Waals surface area contributed by atoms with E-state index < -0.39 is 71.8 Å². The second-order valence-electron chi connectivity index (χ2n) is 13.2. The second kappa shape index (κ2) is 17.9. The van der Waals surface area contributed by atoms with Crippen molar-refractivity contribution in [2.24, 2.45) is 5.92 Å². The van der Waals surface area contributed by atoms with Gasteiger partial charge in [-0.3, -0.25) is 24.0 Å². The second-order valence-corrected chi connectivity index (χ2v) is 14.2. The third kappa shape index (κ3) is 10.5. The fourth-order valence-corrected chi connectivity index (χ4v) is 6.84. The van der Waals surface area contributed by atoms with E-state index in [1.54, 1.807) is 36.4 Å². The maximum absolute atomic E-state index is 14.2. The molecule has 0 unspecified atom stereocenters. The molecule has 0 aliphatic carbocycles. The molecule has 6 atom stereocenters. The summed E-state index contributed by atoms with van der Waals surface area (Å²) >= 11 is 1.08. The van der Waals surface area contributed by atoms with Crippen LogP contribution in [-0.2, 0) is 41.6 Å². The minimum absolute atomic E-state index is 0.0461. The van der Waals surface area contributed by atoms with E-state index in [9.17, 15) is 39.0 Å². The van der Waals surface area contributed by atoms with Gasteiger partial charge in [0, 0.05) is 23.1 Å². The van der Waals surface area contributed by atoms with Crippen molar-refractivity contribution in [2.45, 2.75) is 88.3 Å². The molecule has 0 radical (unpaired) electrons. The highest BCUT2D eigenvalue weighted by atomic mass is 32.2. The fourth-order valence-electron chi connectivity index (χ4n) is 5.73. The summed E-state index contributed by atoms with van der Waals surface area (Å²) in [6, 6.07) is 7.66. The molecule has 8 N–H and O–H groups in total. The zero-order valence-corrected chi connectivity index (χ0v) is 30.5. The van der Waals surface area contributed by atoms with E-state index >= 15 is 0 Å². The molecule has 1 aliphatic rings. The van der Waals surface area contributed by atoms with Gasteiger partial charge in [0.2, 0.25) is 29.5 Å². The van der Waals surface area contributed by atoms with Gasteiger partial charge in [-0.2, -0.15) is 0 Å². The zero-order chi connectivity index (χ0) is 38.1. The van der Waals surface area contributed by atoms with E-state index in [-0.39, 0.29) is 30.9 Å². The van der Waals surface area contributed by atoms with E-state index in [4.69, 9.17) is 4.74 Å². The molecule has 15 nitrogen and oxygen atoms in total. The monoisotopic (exact) mass is 738 g/mol. The molecule has 16 heteroatoms. The summed E-state index contributed by atoms with van der Waals surface area (Å²) in [6.07, 6.45) is -1.32. The summed E-state index contributed by atoms with van der Waals surface area (Å²) < 4.78 is 5.20. The Morgan fingerprint density at radius 3 is 2.25 bits per heavy atom. The Labute approximate surface area is 305 Å².